The van der Waals surface area contributed by atoms with Gasteiger partial charge < -0.3 is 9.47 Å². The molecule has 1 aliphatic rings. The summed E-state index contributed by atoms with van der Waals surface area (Å²) in [4.78, 5) is 36.3. The molecule has 1 fully saturated rings. The first kappa shape index (κ1) is 16.7. The van der Waals surface area contributed by atoms with Crippen LogP contribution in [0.1, 0.15) is 52.9 Å². The van der Waals surface area contributed by atoms with Crippen LogP contribution in [0, 0.1) is 11.3 Å². The van der Waals surface area contributed by atoms with Gasteiger partial charge in [-0.05, 0) is 32.6 Å². The van der Waals surface area contributed by atoms with E-state index >= 15 is 0 Å². The van der Waals surface area contributed by atoms with E-state index in [-0.39, 0.29) is 24.8 Å². The Morgan fingerprint density at radius 2 is 1.85 bits per heavy atom. The van der Waals surface area contributed by atoms with Crippen LogP contribution in [0.5, 0.6) is 0 Å². The maximum absolute atomic E-state index is 12.4. The maximum atomic E-state index is 12.4. The fourth-order valence-electron chi connectivity index (χ4n) is 2.89. The smallest absolute Gasteiger partial charge is 0.319 e. The summed E-state index contributed by atoms with van der Waals surface area (Å²) in [6.07, 6.45) is 2.51. The van der Waals surface area contributed by atoms with E-state index < -0.39 is 17.3 Å². The van der Waals surface area contributed by atoms with Gasteiger partial charge in [0, 0.05) is 12.8 Å². The van der Waals surface area contributed by atoms with Crippen molar-refractivity contribution in [2.24, 2.45) is 11.3 Å². The molecule has 0 unspecified atom stereocenters. The molecule has 0 amide bonds. The second kappa shape index (κ2) is 7.41. The molecule has 0 bridgehead atoms. The Bertz CT molecular complexity index is 376. The molecule has 0 N–H and O–H groups in total. The first-order valence-electron chi connectivity index (χ1n) is 7.35. The average Bonchev–Trinajstić information content (AvgIpc) is 2.39. The van der Waals surface area contributed by atoms with Gasteiger partial charge in [0.25, 0.3) is 0 Å². The summed E-state index contributed by atoms with van der Waals surface area (Å²) in [7, 11) is 0. The monoisotopic (exact) mass is 284 g/mol. The lowest BCUT2D eigenvalue weighted by molar-refractivity contribution is -0.167. The number of hydrogen-bond donors (Lipinski definition) is 0. The molecule has 0 aromatic carbocycles. The van der Waals surface area contributed by atoms with Crippen LogP contribution in [0.25, 0.3) is 0 Å². The molecular formula is C15H24O5. The fourth-order valence-corrected chi connectivity index (χ4v) is 2.89. The molecule has 1 rings (SSSR count). The Morgan fingerprint density at radius 3 is 2.40 bits per heavy atom. The van der Waals surface area contributed by atoms with E-state index in [2.05, 4.69) is 0 Å². The Labute approximate surface area is 120 Å². The molecule has 0 aromatic heterocycles. The third kappa shape index (κ3) is 3.38. The predicted octanol–water partition coefficient (Wildman–Crippen LogP) is 2.27. The molecule has 0 heterocycles. The highest BCUT2D eigenvalue weighted by atomic mass is 16.5. The molecule has 5 heteroatoms. The van der Waals surface area contributed by atoms with Gasteiger partial charge in [-0.15, -0.1) is 0 Å². The summed E-state index contributed by atoms with van der Waals surface area (Å²) in [6, 6.07) is 0. The van der Waals surface area contributed by atoms with Crippen molar-refractivity contribution >= 4 is 17.7 Å². The van der Waals surface area contributed by atoms with Crippen LogP contribution in [0.4, 0.5) is 0 Å². The zero-order valence-electron chi connectivity index (χ0n) is 12.6. The molecule has 0 aromatic rings. The summed E-state index contributed by atoms with van der Waals surface area (Å²) >= 11 is 0. The van der Waals surface area contributed by atoms with E-state index in [1.54, 1.807) is 20.8 Å². The van der Waals surface area contributed by atoms with Gasteiger partial charge in [-0.3, -0.25) is 14.4 Å². The van der Waals surface area contributed by atoms with Gasteiger partial charge in [0.1, 0.15) is 11.2 Å². The first-order valence-corrected chi connectivity index (χ1v) is 7.35. The van der Waals surface area contributed by atoms with Crippen LogP contribution in [0.2, 0.25) is 0 Å². The number of esters is 2. The van der Waals surface area contributed by atoms with Crippen LogP contribution < -0.4 is 0 Å². The van der Waals surface area contributed by atoms with Crippen LogP contribution in [-0.4, -0.2) is 30.9 Å². The summed E-state index contributed by atoms with van der Waals surface area (Å²) in [5, 5.41) is 0. The second-order valence-electron chi connectivity index (χ2n) is 5.23. The highest BCUT2D eigenvalue weighted by molar-refractivity contribution is 6.05. The summed E-state index contributed by atoms with van der Waals surface area (Å²) in [5.74, 6) is -1.35. The normalized spacial score (nSPS) is 24.1. The van der Waals surface area contributed by atoms with Crippen molar-refractivity contribution in [3.63, 3.8) is 0 Å². The minimum atomic E-state index is -1.17. The van der Waals surface area contributed by atoms with Gasteiger partial charge in [-0.2, -0.15) is 0 Å². The summed E-state index contributed by atoms with van der Waals surface area (Å²) < 4.78 is 10.0. The predicted molar refractivity (Wildman–Crippen MR) is 73.0 cm³/mol. The standard InChI is InChI=1S/C15H24O5/c1-4-19-13(17)10-11(3)15(14(18)20-5-2)9-7-6-8-12(15)16/h11H,4-10H2,1-3H3/t11-,15+/m1/s1. The molecule has 114 valence electrons. The highest BCUT2D eigenvalue weighted by Crippen LogP contribution is 2.42. The van der Waals surface area contributed by atoms with Gasteiger partial charge in [0.15, 0.2) is 0 Å². The lowest BCUT2D eigenvalue weighted by Crippen LogP contribution is -2.48. The molecule has 20 heavy (non-hydrogen) atoms. The topological polar surface area (TPSA) is 69.7 Å². The number of ketones is 1. The Hall–Kier alpha value is -1.39. The van der Waals surface area contributed by atoms with Gasteiger partial charge in [-0.25, -0.2) is 0 Å². The zero-order chi connectivity index (χ0) is 15.2. The van der Waals surface area contributed by atoms with Crippen molar-refractivity contribution in [1.29, 1.82) is 0 Å². The van der Waals surface area contributed by atoms with Crippen molar-refractivity contribution in [3.05, 3.63) is 0 Å². The lowest BCUT2D eigenvalue weighted by atomic mass is 9.64. The molecule has 0 saturated heterocycles. The van der Waals surface area contributed by atoms with Gasteiger partial charge in [0.05, 0.1) is 13.2 Å². The van der Waals surface area contributed by atoms with E-state index in [4.69, 9.17) is 9.47 Å². The highest BCUT2D eigenvalue weighted by Gasteiger charge is 2.52. The van der Waals surface area contributed by atoms with Crippen molar-refractivity contribution in [2.45, 2.75) is 52.9 Å². The molecule has 5 nitrogen and oxygen atoms in total. The fraction of sp³-hybridized carbons (Fsp3) is 0.800. The van der Waals surface area contributed by atoms with Crippen molar-refractivity contribution in [1.82, 2.24) is 0 Å². The number of rotatable bonds is 6. The largest absolute Gasteiger partial charge is 0.466 e. The van der Waals surface area contributed by atoms with Gasteiger partial charge in [-0.1, -0.05) is 13.3 Å². The quantitative estimate of drug-likeness (QED) is 0.553. The van der Waals surface area contributed by atoms with Gasteiger partial charge >= 0.3 is 11.9 Å². The zero-order valence-corrected chi connectivity index (χ0v) is 12.6. The number of Topliss-reactive ketones (excluding diaryl/α,β-unsaturated/α-hetero) is 1. The molecule has 2 atom stereocenters. The molecule has 0 spiro atoms. The van der Waals surface area contributed by atoms with Crippen molar-refractivity contribution in [2.75, 3.05) is 13.2 Å². The molecule has 0 radical (unpaired) electrons. The number of ether oxygens (including phenoxy) is 2. The van der Waals surface area contributed by atoms with E-state index in [1.807, 2.05) is 0 Å². The molecule has 0 aliphatic heterocycles. The molecule has 1 saturated carbocycles. The van der Waals surface area contributed by atoms with Crippen molar-refractivity contribution < 1.29 is 23.9 Å². The molecule has 1 aliphatic carbocycles. The Morgan fingerprint density at radius 1 is 1.20 bits per heavy atom. The van der Waals surface area contributed by atoms with Crippen LogP contribution in [-0.2, 0) is 23.9 Å². The number of carbonyl (C=O) groups is 3. The van der Waals surface area contributed by atoms with E-state index in [0.717, 1.165) is 12.8 Å². The summed E-state index contributed by atoms with van der Waals surface area (Å²) in [6.45, 7) is 5.74. The minimum Gasteiger partial charge on any atom is -0.466 e. The third-order valence-electron chi connectivity index (χ3n) is 3.98. The maximum Gasteiger partial charge on any atom is 0.319 e. The lowest BCUT2D eigenvalue weighted by Gasteiger charge is -2.37. The molecular weight excluding hydrogens is 260 g/mol. The summed E-state index contributed by atoms with van der Waals surface area (Å²) in [5.41, 5.74) is -1.17. The third-order valence-corrected chi connectivity index (χ3v) is 3.98. The number of carbonyl (C=O) groups excluding carboxylic acids is 3. The van der Waals surface area contributed by atoms with Crippen LogP contribution in [0.15, 0.2) is 0 Å². The number of hydrogen-bond acceptors (Lipinski definition) is 5. The van der Waals surface area contributed by atoms with Crippen LogP contribution >= 0.6 is 0 Å². The van der Waals surface area contributed by atoms with Gasteiger partial charge in [0.2, 0.25) is 0 Å². The van der Waals surface area contributed by atoms with E-state index in [1.165, 1.54) is 0 Å². The Kier molecular flexibility index (Phi) is 6.17. The van der Waals surface area contributed by atoms with Crippen molar-refractivity contribution in [3.8, 4) is 0 Å². The van der Waals surface area contributed by atoms with E-state index in [9.17, 15) is 14.4 Å². The Balaban J connectivity index is 2.94. The first-order chi connectivity index (χ1) is 9.48. The minimum absolute atomic E-state index is 0.0679. The second-order valence-corrected chi connectivity index (χ2v) is 5.23. The van der Waals surface area contributed by atoms with Crippen LogP contribution in [0.3, 0.4) is 0 Å². The van der Waals surface area contributed by atoms with E-state index in [0.29, 0.717) is 19.4 Å². The average molecular weight is 284 g/mol. The SMILES string of the molecule is CCOC(=O)C[C@@H](C)[C@@]1(C(=O)OCC)CCCCC1=O.